The Balaban J connectivity index is 1.69. The molecular formula is C17H26N6OS. The van der Waals surface area contributed by atoms with Gasteiger partial charge in [0.2, 0.25) is 5.91 Å². The molecule has 1 atom stereocenters. The van der Waals surface area contributed by atoms with Crippen molar-refractivity contribution in [2.24, 2.45) is 7.05 Å². The summed E-state index contributed by atoms with van der Waals surface area (Å²) >= 11 is 1.72. The Morgan fingerprint density at radius 1 is 1.40 bits per heavy atom. The van der Waals surface area contributed by atoms with E-state index in [1.807, 2.05) is 31.3 Å². The fourth-order valence-electron chi connectivity index (χ4n) is 3.35. The number of likely N-dealkylation sites (tertiary alicyclic amines) is 1. The van der Waals surface area contributed by atoms with E-state index in [4.69, 9.17) is 0 Å². The van der Waals surface area contributed by atoms with Gasteiger partial charge in [-0.05, 0) is 26.0 Å². The predicted molar refractivity (Wildman–Crippen MR) is 98.6 cm³/mol. The fourth-order valence-corrected chi connectivity index (χ4v) is 3.73. The molecule has 3 heterocycles. The number of aromatic nitrogens is 5. The lowest BCUT2D eigenvalue weighted by atomic mass is 9.97. The maximum atomic E-state index is 12.3. The molecule has 1 unspecified atom stereocenters. The summed E-state index contributed by atoms with van der Waals surface area (Å²) in [5.41, 5.74) is 0. The smallest absolute Gasteiger partial charge is 0.223 e. The number of piperidine rings is 1. The fraction of sp³-hybridized carbons (Fsp3) is 0.647. The Bertz CT molecular complexity index is 725. The van der Waals surface area contributed by atoms with E-state index in [1.165, 1.54) is 0 Å². The first-order valence-corrected chi connectivity index (χ1v) is 10.1. The van der Waals surface area contributed by atoms with Gasteiger partial charge in [-0.2, -0.15) is 11.8 Å². The molecule has 0 spiro atoms. The molecule has 1 saturated heterocycles. The number of thioether (sulfide) groups is 1. The maximum Gasteiger partial charge on any atom is 0.223 e. The normalized spacial score (nSPS) is 17.9. The topological polar surface area (TPSA) is 68.8 Å². The third kappa shape index (κ3) is 4.05. The van der Waals surface area contributed by atoms with Crippen LogP contribution in [-0.4, -0.2) is 60.2 Å². The number of hydrogen-bond donors (Lipinski definition) is 0. The second-order valence-corrected chi connectivity index (χ2v) is 7.54. The predicted octanol–water partition coefficient (Wildman–Crippen LogP) is 1.83. The van der Waals surface area contributed by atoms with E-state index < -0.39 is 0 Å². The van der Waals surface area contributed by atoms with Crippen molar-refractivity contribution in [2.75, 3.05) is 25.1 Å². The first-order chi connectivity index (χ1) is 12.1. The van der Waals surface area contributed by atoms with Crippen LogP contribution in [0.15, 0.2) is 12.4 Å². The van der Waals surface area contributed by atoms with Crippen LogP contribution in [0.4, 0.5) is 0 Å². The molecule has 1 fully saturated rings. The van der Waals surface area contributed by atoms with Crippen molar-refractivity contribution in [3.05, 3.63) is 29.9 Å². The molecule has 8 heteroatoms. The summed E-state index contributed by atoms with van der Waals surface area (Å²) in [7, 11) is 2.02. The Kier molecular flexibility index (Phi) is 5.78. The summed E-state index contributed by atoms with van der Waals surface area (Å²) in [5, 5.41) is 8.83. The van der Waals surface area contributed by atoms with Gasteiger partial charge in [0, 0.05) is 50.6 Å². The van der Waals surface area contributed by atoms with Crippen molar-refractivity contribution in [3.63, 3.8) is 0 Å². The minimum Gasteiger partial charge on any atom is -0.342 e. The third-order valence-corrected chi connectivity index (χ3v) is 5.51. The monoisotopic (exact) mass is 362 g/mol. The third-order valence-electron chi connectivity index (χ3n) is 4.89. The van der Waals surface area contributed by atoms with Crippen LogP contribution in [0.25, 0.3) is 0 Å². The molecule has 0 bridgehead atoms. The number of hydrogen-bond acceptors (Lipinski definition) is 5. The van der Waals surface area contributed by atoms with Crippen molar-refractivity contribution < 1.29 is 4.79 Å². The minimum absolute atomic E-state index is 0.260. The Morgan fingerprint density at radius 2 is 2.24 bits per heavy atom. The van der Waals surface area contributed by atoms with Crippen LogP contribution in [0.2, 0.25) is 0 Å². The summed E-state index contributed by atoms with van der Waals surface area (Å²) in [6.07, 6.45) is 8.50. The largest absolute Gasteiger partial charge is 0.342 e. The Morgan fingerprint density at radius 3 is 2.96 bits per heavy atom. The van der Waals surface area contributed by atoms with Crippen molar-refractivity contribution in [1.29, 1.82) is 0 Å². The molecule has 1 aliphatic rings. The zero-order valence-electron chi connectivity index (χ0n) is 15.2. The molecule has 1 aliphatic heterocycles. The van der Waals surface area contributed by atoms with Gasteiger partial charge in [0.25, 0.3) is 0 Å². The van der Waals surface area contributed by atoms with Crippen LogP contribution in [-0.2, 0) is 18.4 Å². The van der Waals surface area contributed by atoms with E-state index in [2.05, 4.69) is 24.3 Å². The maximum absolute atomic E-state index is 12.3. The van der Waals surface area contributed by atoms with E-state index >= 15 is 0 Å². The van der Waals surface area contributed by atoms with Crippen LogP contribution >= 0.6 is 11.8 Å². The highest BCUT2D eigenvalue weighted by atomic mass is 32.2. The van der Waals surface area contributed by atoms with Crippen molar-refractivity contribution in [2.45, 2.75) is 38.6 Å². The number of rotatable bonds is 6. The van der Waals surface area contributed by atoms with Gasteiger partial charge in [-0.3, -0.25) is 4.79 Å². The molecule has 0 radical (unpaired) electrons. The highest BCUT2D eigenvalue weighted by Crippen LogP contribution is 2.26. The highest BCUT2D eigenvalue weighted by molar-refractivity contribution is 7.98. The average Bonchev–Trinajstić information content (AvgIpc) is 3.19. The number of carbonyl (C=O) groups is 1. The van der Waals surface area contributed by atoms with E-state index in [0.717, 1.165) is 49.2 Å². The average molecular weight is 363 g/mol. The molecule has 2 aromatic heterocycles. The molecule has 7 nitrogen and oxygen atoms in total. The standard InChI is InChI=1S/C17H26N6OS/c1-13-18-7-9-22(13)12-15-19-20-17(21(15)2)14-5-4-8-23(11-14)16(24)6-10-25-3/h7,9,14H,4-6,8,10-12H2,1-3H3. The van der Waals surface area contributed by atoms with E-state index in [9.17, 15) is 4.79 Å². The van der Waals surface area contributed by atoms with Crippen LogP contribution < -0.4 is 0 Å². The first kappa shape index (κ1) is 18.0. The molecule has 0 N–H and O–H groups in total. The van der Waals surface area contributed by atoms with Gasteiger partial charge in [0.05, 0.1) is 6.54 Å². The van der Waals surface area contributed by atoms with Crippen LogP contribution in [0, 0.1) is 6.92 Å². The van der Waals surface area contributed by atoms with Gasteiger partial charge in [0.15, 0.2) is 5.82 Å². The lowest BCUT2D eigenvalue weighted by Gasteiger charge is -2.32. The quantitative estimate of drug-likeness (QED) is 0.784. The van der Waals surface area contributed by atoms with Crippen molar-refractivity contribution in [3.8, 4) is 0 Å². The number of amides is 1. The molecule has 136 valence electrons. The summed E-state index contributed by atoms with van der Waals surface area (Å²) in [4.78, 5) is 18.6. The van der Waals surface area contributed by atoms with Gasteiger partial charge >= 0.3 is 0 Å². The zero-order valence-corrected chi connectivity index (χ0v) is 16.0. The summed E-state index contributed by atoms with van der Waals surface area (Å²) in [5.74, 6) is 4.28. The van der Waals surface area contributed by atoms with Crippen LogP contribution in [0.1, 0.15) is 42.7 Å². The lowest BCUT2D eigenvalue weighted by molar-refractivity contribution is -0.132. The van der Waals surface area contributed by atoms with Gasteiger partial charge in [-0.25, -0.2) is 4.98 Å². The van der Waals surface area contributed by atoms with Gasteiger partial charge < -0.3 is 14.0 Å². The summed E-state index contributed by atoms with van der Waals surface area (Å²) < 4.78 is 4.15. The van der Waals surface area contributed by atoms with Crippen LogP contribution in [0.5, 0.6) is 0 Å². The number of imidazole rings is 1. The molecule has 0 aromatic carbocycles. The van der Waals surface area contributed by atoms with Gasteiger partial charge in [-0.15, -0.1) is 10.2 Å². The zero-order chi connectivity index (χ0) is 17.8. The lowest BCUT2D eigenvalue weighted by Crippen LogP contribution is -2.39. The molecule has 0 saturated carbocycles. The Hall–Kier alpha value is -1.83. The van der Waals surface area contributed by atoms with Crippen molar-refractivity contribution >= 4 is 17.7 Å². The molecule has 3 rings (SSSR count). The number of nitrogens with zero attached hydrogens (tertiary/aromatic N) is 6. The van der Waals surface area contributed by atoms with E-state index in [0.29, 0.717) is 13.0 Å². The molecule has 2 aromatic rings. The molecular weight excluding hydrogens is 336 g/mol. The molecule has 0 aliphatic carbocycles. The first-order valence-electron chi connectivity index (χ1n) is 8.72. The van der Waals surface area contributed by atoms with Gasteiger partial charge in [0.1, 0.15) is 11.6 Å². The highest BCUT2D eigenvalue weighted by Gasteiger charge is 2.28. The van der Waals surface area contributed by atoms with Crippen molar-refractivity contribution in [1.82, 2.24) is 29.2 Å². The second kappa shape index (κ2) is 8.03. The second-order valence-electron chi connectivity index (χ2n) is 6.56. The van der Waals surface area contributed by atoms with Crippen LogP contribution in [0.3, 0.4) is 0 Å². The minimum atomic E-state index is 0.260. The Labute approximate surface area is 152 Å². The molecule has 25 heavy (non-hydrogen) atoms. The van der Waals surface area contributed by atoms with E-state index in [1.54, 1.807) is 18.0 Å². The van der Waals surface area contributed by atoms with E-state index in [-0.39, 0.29) is 11.8 Å². The summed E-state index contributed by atoms with van der Waals surface area (Å²) in [6, 6.07) is 0. The molecule has 1 amide bonds. The summed E-state index contributed by atoms with van der Waals surface area (Å²) in [6.45, 7) is 4.26. The number of aryl methyl sites for hydroxylation is 1. The SMILES string of the molecule is CSCCC(=O)N1CCCC(c2nnc(Cn3ccnc3C)n2C)C1. The van der Waals surface area contributed by atoms with Gasteiger partial charge in [-0.1, -0.05) is 0 Å². The number of carbonyl (C=O) groups excluding carboxylic acids is 1.